The maximum atomic E-state index is 12.4. The van der Waals surface area contributed by atoms with Crippen LogP contribution in [0.15, 0.2) is 54.1 Å². The molecule has 0 atom stereocenters. The number of amides is 1. The lowest BCUT2D eigenvalue weighted by molar-refractivity contribution is -0.117. The summed E-state index contributed by atoms with van der Waals surface area (Å²) in [5, 5.41) is 21.6. The number of carbonyl (C=O) groups is 1. The van der Waals surface area contributed by atoms with E-state index in [9.17, 15) is 15.3 Å². The Balaban J connectivity index is 1.76. The summed E-state index contributed by atoms with van der Waals surface area (Å²) >= 11 is 0. The van der Waals surface area contributed by atoms with Crippen LogP contribution in [0.5, 0.6) is 5.75 Å². The molecule has 2 aromatic carbocycles. The zero-order valence-corrected chi connectivity index (χ0v) is 15.5. The number of nitrogens with one attached hydrogen (secondary N) is 1. The first-order valence-electron chi connectivity index (χ1n) is 9.33. The average Bonchev–Trinajstić information content (AvgIpc) is 3.24. The van der Waals surface area contributed by atoms with Gasteiger partial charge in [-0.15, -0.1) is 0 Å². The first-order chi connectivity index (χ1) is 13.7. The number of benzene rings is 2. The highest BCUT2D eigenvalue weighted by atomic mass is 16.5. The fourth-order valence-corrected chi connectivity index (χ4v) is 3.28. The van der Waals surface area contributed by atoms with Crippen molar-refractivity contribution < 1.29 is 9.53 Å². The molecule has 0 spiro atoms. The van der Waals surface area contributed by atoms with Gasteiger partial charge in [-0.25, -0.2) is 0 Å². The molecule has 1 aliphatic carbocycles. The van der Waals surface area contributed by atoms with E-state index < -0.39 is 0 Å². The zero-order valence-electron chi connectivity index (χ0n) is 15.5. The van der Waals surface area contributed by atoms with Gasteiger partial charge in [-0.2, -0.15) is 10.5 Å². The van der Waals surface area contributed by atoms with Gasteiger partial charge in [-0.1, -0.05) is 49.2 Å². The van der Waals surface area contributed by atoms with Gasteiger partial charge in [0.25, 0.3) is 5.91 Å². The van der Waals surface area contributed by atoms with Gasteiger partial charge < -0.3 is 10.1 Å². The first kappa shape index (κ1) is 19.2. The standard InChI is InChI=1S/C23H21N3O2/c24-14-18-8-1-2-9-19(18)16-28-22-12-6-3-7-17(22)13-20(15-25)23(27)26-21-10-4-5-11-21/h1-3,6-9,12-13,21H,4-5,10-11,16H2,(H,26,27)/b20-13-. The second-order valence-corrected chi connectivity index (χ2v) is 6.72. The molecule has 1 amide bonds. The number of nitriles is 2. The van der Waals surface area contributed by atoms with Crippen molar-refractivity contribution >= 4 is 12.0 Å². The van der Waals surface area contributed by atoms with Crippen LogP contribution in [0.4, 0.5) is 0 Å². The van der Waals surface area contributed by atoms with Crippen molar-refractivity contribution in [2.45, 2.75) is 38.3 Å². The van der Waals surface area contributed by atoms with Crippen molar-refractivity contribution in [3.8, 4) is 17.9 Å². The number of nitrogens with zero attached hydrogens (tertiary/aromatic N) is 2. The lowest BCUT2D eigenvalue weighted by Crippen LogP contribution is -2.33. The molecule has 0 unspecified atom stereocenters. The fourth-order valence-electron chi connectivity index (χ4n) is 3.28. The second kappa shape index (κ2) is 9.39. The molecule has 1 saturated carbocycles. The van der Waals surface area contributed by atoms with Crippen molar-refractivity contribution in [3.63, 3.8) is 0 Å². The molecular weight excluding hydrogens is 350 g/mol. The van der Waals surface area contributed by atoms with E-state index in [1.807, 2.05) is 30.3 Å². The number of hydrogen-bond donors (Lipinski definition) is 1. The van der Waals surface area contributed by atoms with Gasteiger partial charge >= 0.3 is 0 Å². The maximum absolute atomic E-state index is 12.4. The summed E-state index contributed by atoms with van der Waals surface area (Å²) in [6.07, 6.45) is 5.69. The van der Waals surface area contributed by atoms with Crippen LogP contribution < -0.4 is 10.1 Å². The second-order valence-electron chi connectivity index (χ2n) is 6.72. The highest BCUT2D eigenvalue weighted by Crippen LogP contribution is 2.23. The SMILES string of the molecule is N#C/C(=C/c1ccccc1OCc1ccccc1C#N)C(=O)NC1CCCC1. The van der Waals surface area contributed by atoms with E-state index in [0.717, 1.165) is 31.2 Å². The number of rotatable bonds is 6. The Labute approximate surface area is 164 Å². The highest BCUT2D eigenvalue weighted by Gasteiger charge is 2.19. The smallest absolute Gasteiger partial charge is 0.262 e. The third-order valence-corrected chi connectivity index (χ3v) is 4.80. The van der Waals surface area contributed by atoms with Crippen LogP contribution in [0.2, 0.25) is 0 Å². The minimum Gasteiger partial charge on any atom is -0.488 e. The van der Waals surface area contributed by atoms with Crippen LogP contribution in [0.25, 0.3) is 6.08 Å². The third-order valence-electron chi connectivity index (χ3n) is 4.80. The predicted octanol–water partition coefficient (Wildman–Crippen LogP) is 4.10. The van der Waals surface area contributed by atoms with E-state index in [1.165, 1.54) is 0 Å². The Morgan fingerprint density at radius 3 is 2.57 bits per heavy atom. The van der Waals surface area contributed by atoms with E-state index in [4.69, 9.17) is 4.74 Å². The maximum Gasteiger partial charge on any atom is 0.262 e. The Morgan fingerprint density at radius 1 is 1.11 bits per heavy atom. The molecule has 2 aromatic rings. The topological polar surface area (TPSA) is 85.9 Å². The summed E-state index contributed by atoms with van der Waals surface area (Å²) in [5.41, 5.74) is 2.04. The molecule has 0 aliphatic heterocycles. The van der Waals surface area contributed by atoms with Gasteiger partial charge in [0.2, 0.25) is 0 Å². The molecule has 1 N–H and O–H groups in total. The van der Waals surface area contributed by atoms with E-state index in [0.29, 0.717) is 16.9 Å². The van der Waals surface area contributed by atoms with Gasteiger partial charge in [0.15, 0.2) is 0 Å². The molecule has 3 rings (SSSR count). The van der Waals surface area contributed by atoms with Crippen molar-refractivity contribution in [1.82, 2.24) is 5.32 Å². The van der Waals surface area contributed by atoms with Crippen LogP contribution >= 0.6 is 0 Å². The van der Waals surface area contributed by atoms with Crippen LogP contribution in [-0.2, 0) is 11.4 Å². The van der Waals surface area contributed by atoms with Crippen LogP contribution in [0, 0.1) is 22.7 Å². The Morgan fingerprint density at radius 2 is 1.82 bits per heavy atom. The number of carbonyl (C=O) groups excluding carboxylic acids is 1. The van der Waals surface area contributed by atoms with E-state index in [1.54, 1.807) is 30.3 Å². The molecule has 0 bridgehead atoms. The van der Waals surface area contributed by atoms with Crippen molar-refractivity contribution in [3.05, 3.63) is 70.8 Å². The molecule has 0 saturated heterocycles. The molecule has 1 fully saturated rings. The molecule has 0 heterocycles. The van der Waals surface area contributed by atoms with Crippen molar-refractivity contribution in [2.24, 2.45) is 0 Å². The summed E-state index contributed by atoms with van der Waals surface area (Å²) in [6, 6.07) is 18.8. The van der Waals surface area contributed by atoms with Gasteiger partial charge in [0.05, 0.1) is 11.6 Å². The van der Waals surface area contributed by atoms with Crippen molar-refractivity contribution in [1.29, 1.82) is 10.5 Å². The molecule has 28 heavy (non-hydrogen) atoms. The van der Waals surface area contributed by atoms with Gasteiger partial charge in [-0.3, -0.25) is 4.79 Å². The van der Waals surface area contributed by atoms with E-state index in [2.05, 4.69) is 11.4 Å². The monoisotopic (exact) mass is 371 g/mol. The van der Waals surface area contributed by atoms with Gasteiger partial charge in [0.1, 0.15) is 24.0 Å². The number of hydrogen-bond acceptors (Lipinski definition) is 4. The van der Waals surface area contributed by atoms with Crippen LogP contribution in [0.1, 0.15) is 42.4 Å². The van der Waals surface area contributed by atoms with Gasteiger partial charge in [-0.05, 0) is 31.1 Å². The van der Waals surface area contributed by atoms with E-state index in [-0.39, 0.29) is 24.1 Å². The summed E-state index contributed by atoms with van der Waals surface area (Å²) in [6.45, 7) is 0.227. The third kappa shape index (κ3) is 4.78. The minimum atomic E-state index is -0.348. The largest absolute Gasteiger partial charge is 0.488 e. The Hall–Kier alpha value is -3.57. The molecule has 0 aromatic heterocycles. The zero-order chi connectivity index (χ0) is 19.8. The predicted molar refractivity (Wildman–Crippen MR) is 106 cm³/mol. The number of para-hydroxylation sites is 1. The molecule has 5 nitrogen and oxygen atoms in total. The van der Waals surface area contributed by atoms with E-state index >= 15 is 0 Å². The first-order valence-corrected chi connectivity index (χ1v) is 9.33. The summed E-state index contributed by atoms with van der Waals surface area (Å²) in [5.74, 6) is 0.204. The molecular formula is C23H21N3O2. The molecule has 1 aliphatic rings. The lowest BCUT2D eigenvalue weighted by atomic mass is 10.1. The summed E-state index contributed by atoms with van der Waals surface area (Å²) in [7, 11) is 0. The highest BCUT2D eigenvalue weighted by molar-refractivity contribution is 6.02. The quantitative estimate of drug-likeness (QED) is 0.612. The summed E-state index contributed by atoms with van der Waals surface area (Å²) in [4.78, 5) is 12.4. The van der Waals surface area contributed by atoms with Crippen molar-refractivity contribution in [2.75, 3.05) is 0 Å². The van der Waals surface area contributed by atoms with Crippen LogP contribution in [-0.4, -0.2) is 11.9 Å². The average molecular weight is 371 g/mol. The number of ether oxygens (including phenoxy) is 1. The van der Waals surface area contributed by atoms with Crippen LogP contribution in [0.3, 0.4) is 0 Å². The molecule has 140 valence electrons. The fraction of sp³-hybridized carbons (Fsp3) is 0.261. The summed E-state index contributed by atoms with van der Waals surface area (Å²) < 4.78 is 5.89. The Bertz CT molecular complexity index is 960. The normalized spacial score (nSPS) is 14.1. The Kier molecular flexibility index (Phi) is 6.44. The minimum absolute atomic E-state index is 0.0559. The molecule has 0 radical (unpaired) electrons. The lowest BCUT2D eigenvalue weighted by Gasteiger charge is -2.12. The van der Waals surface area contributed by atoms with Gasteiger partial charge in [0, 0.05) is 17.2 Å². The molecule has 5 heteroatoms.